The molecule has 0 radical (unpaired) electrons. The highest BCUT2D eigenvalue weighted by atomic mass is 16.6. The summed E-state index contributed by atoms with van der Waals surface area (Å²) in [7, 11) is 0. The second kappa shape index (κ2) is 43.0. The van der Waals surface area contributed by atoms with E-state index in [1.54, 1.807) is 0 Å². The molecule has 0 unspecified atom stereocenters. The zero-order chi connectivity index (χ0) is 41.2. The van der Waals surface area contributed by atoms with Gasteiger partial charge in [-0.2, -0.15) is 0 Å². The average Bonchev–Trinajstić information content (AvgIpc) is 3.16. The first-order valence-electron chi connectivity index (χ1n) is 24.7. The van der Waals surface area contributed by atoms with Crippen LogP contribution in [0, 0.1) is 11.8 Å². The van der Waals surface area contributed by atoms with Crippen LogP contribution in [0.4, 0.5) is 0 Å². The minimum absolute atomic E-state index is 0.0642. The van der Waals surface area contributed by atoms with Crippen molar-refractivity contribution in [3.8, 4) is 0 Å². The van der Waals surface area contributed by atoms with Gasteiger partial charge in [0.1, 0.15) is 13.2 Å². The topological polar surface area (TPSA) is 78.9 Å². The molecule has 332 valence electrons. The van der Waals surface area contributed by atoms with Crippen LogP contribution in [0.1, 0.15) is 272 Å². The third-order valence-corrected chi connectivity index (χ3v) is 11.2. The van der Waals surface area contributed by atoms with Gasteiger partial charge in [-0.3, -0.25) is 14.4 Å². The van der Waals surface area contributed by atoms with Gasteiger partial charge in [0.25, 0.3) is 0 Å². The van der Waals surface area contributed by atoms with Gasteiger partial charge in [0.15, 0.2) is 6.10 Å². The molecule has 0 aliphatic rings. The number of hydrogen-bond donors (Lipinski definition) is 0. The standard InChI is InChI=1S/C50H96O6/c1-6-7-8-9-10-11-20-25-30-35-40-48(51)54-43-47(56-50(53)42-37-32-27-22-17-16-19-24-29-34-39-46(4)5)44-55-49(52)41-36-31-26-21-15-13-12-14-18-23-28-33-38-45(2)3/h45-47H,6-44H2,1-5H3/t47-/m1/s1. The average molecular weight is 793 g/mol. The largest absolute Gasteiger partial charge is 0.462 e. The Morgan fingerprint density at radius 2 is 0.589 bits per heavy atom. The molecule has 0 N–H and O–H groups in total. The lowest BCUT2D eigenvalue weighted by Gasteiger charge is -2.18. The maximum atomic E-state index is 12.7. The molecule has 6 nitrogen and oxygen atoms in total. The van der Waals surface area contributed by atoms with Crippen LogP contribution in [0.25, 0.3) is 0 Å². The number of rotatable bonds is 44. The van der Waals surface area contributed by atoms with Gasteiger partial charge in [0.05, 0.1) is 0 Å². The van der Waals surface area contributed by atoms with Crippen LogP contribution in [0.5, 0.6) is 0 Å². The maximum Gasteiger partial charge on any atom is 0.306 e. The van der Waals surface area contributed by atoms with E-state index in [-0.39, 0.29) is 31.1 Å². The van der Waals surface area contributed by atoms with E-state index in [4.69, 9.17) is 14.2 Å². The molecular weight excluding hydrogens is 697 g/mol. The second-order valence-electron chi connectivity index (χ2n) is 18.1. The third-order valence-electron chi connectivity index (χ3n) is 11.2. The fourth-order valence-electron chi connectivity index (χ4n) is 7.46. The lowest BCUT2D eigenvalue weighted by molar-refractivity contribution is -0.167. The molecule has 0 aromatic heterocycles. The fraction of sp³-hybridized carbons (Fsp3) is 0.940. The Kier molecular flexibility index (Phi) is 41.8. The quantitative estimate of drug-likeness (QED) is 0.0347. The molecule has 0 rings (SSSR count). The summed E-state index contributed by atoms with van der Waals surface area (Å²) in [6, 6.07) is 0. The molecular formula is C50H96O6. The number of carbonyl (C=O) groups is 3. The Hall–Kier alpha value is -1.59. The monoisotopic (exact) mass is 793 g/mol. The number of hydrogen-bond acceptors (Lipinski definition) is 6. The second-order valence-corrected chi connectivity index (χ2v) is 18.1. The minimum atomic E-state index is -0.760. The van der Waals surface area contributed by atoms with Gasteiger partial charge >= 0.3 is 17.9 Å². The van der Waals surface area contributed by atoms with E-state index in [0.717, 1.165) is 69.6 Å². The predicted molar refractivity (Wildman–Crippen MR) is 238 cm³/mol. The predicted octanol–water partition coefficient (Wildman–Crippen LogP) is 15.8. The van der Waals surface area contributed by atoms with E-state index < -0.39 is 6.10 Å². The van der Waals surface area contributed by atoms with Crippen LogP contribution in [-0.4, -0.2) is 37.2 Å². The number of carbonyl (C=O) groups excluding carboxylic acids is 3. The first-order chi connectivity index (χ1) is 27.2. The summed E-state index contributed by atoms with van der Waals surface area (Å²) in [5, 5.41) is 0. The van der Waals surface area contributed by atoms with Crippen molar-refractivity contribution in [3.05, 3.63) is 0 Å². The first-order valence-corrected chi connectivity index (χ1v) is 24.7. The molecule has 0 heterocycles. The first kappa shape index (κ1) is 54.4. The highest BCUT2D eigenvalue weighted by Gasteiger charge is 2.19. The van der Waals surface area contributed by atoms with Gasteiger partial charge < -0.3 is 14.2 Å². The summed E-state index contributed by atoms with van der Waals surface area (Å²) in [6.07, 6.45) is 42.3. The molecule has 1 atom stereocenters. The Morgan fingerprint density at radius 1 is 0.339 bits per heavy atom. The molecule has 0 aromatic rings. The normalized spacial score (nSPS) is 12.1. The summed E-state index contributed by atoms with van der Waals surface area (Å²) in [6.45, 7) is 11.3. The molecule has 56 heavy (non-hydrogen) atoms. The van der Waals surface area contributed by atoms with Gasteiger partial charge in [-0.15, -0.1) is 0 Å². The molecule has 0 spiro atoms. The Morgan fingerprint density at radius 3 is 0.875 bits per heavy atom. The SMILES string of the molecule is CCCCCCCCCCCCC(=O)OC[C@H](COC(=O)CCCCCCCCCCCCCCC(C)C)OC(=O)CCCCCCCCCCCCC(C)C. The van der Waals surface area contributed by atoms with Crippen molar-refractivity contribution in [2.45, 2.75) is 278 Å². The molecule has 0 fully saturated rings. The summed E-state index contributed by atoms with van der Waals surface area (Å²) in [5.74, 6) is 0.797. The molecule has 0 saturated heterocycles. The molecule has 0 aliphatic carbocycles. The Balaban J connectivity index is 4.30. The van der Waals surface area contributed by atoms with Crippen molar-refractivity contribution >= 4 is 17.9 Å². The highest BCUT2D eigenvalue weighted by molar-refractivity contribution is 5.71. The lowest BCUT2D eigenvalue weighted by atomic mass is 10.0. The van der Waals surface area contributed by atoms with Gasteiger partial charge in [-0.05, 0) is 31.1 Å². The van der Waals surface area contributed by atoms with Crippen LogP contribution in [0.3, 0.4) is 0 Å². The molecule has 0 saturated carbocycles. The van der Waals surface area contributed by atoms with Gasteiger partial charge in [0, 0.05) is 19.3 Å². The van der Waals surface area contributed by atoms with Crippen molar-refractivity contribution in [1.29, 1.82) is 0 Å². The van der Waals surface area contributed by atoms with Crippen molar-refractivity contribution in [1.82, 2.24) is 0 Å². The van der Waals surface area contributed by atoms with Crippen LogP contribution in [-0.2, 0) is 28.6 Å². The highest BCUT2D eigenvalue weighted by Crippen LogP contribution is 2.17. The molecule has 0 amide bonds. The van der Waals surface area contributed by atoms with Crippen LogP contribution >= 0.6 is 0 Å². The number of esters is 3. The summed E-state index contributed by atoms with van der Waals surface area (Å²) < 4.78 is 16.8. The summed E-state index contributed by atoms with van der Waals surface area (Å²) in [5.41, 5.74) is 0. The van der Waals surface area contributed by atoms with Gasteiger partial charge in [-0.25, -0.2) is 0 Å². The summed E-state index contributed by atoms with van der Waals surface area (Å²) in [4.78, 5) is 37.8. The third kappa shape index (κ3) is 43.5. The maximum absolute atomic E-state index is 12.7. The van der Waals surface area contributed by atoms with Crippen molar-refractivity contribution in [3.63, 3.8) is 0 Å². The number of ether oxygens (including phenoxy) is 3. The van der Waals surface area contributed by atoms with E-state index in [1.807, 2.05) is 0 Å². The van der Waals surface area contributed by atoms with Crippen molar-refractivity contribution in [2.75, 3.05) is 13.2 Å². The van der Waals surface area contributed by atoms with E-state index in [9.17, 15) is 14.4 Å². The lowest BCUT2D eigenvalue weighted by Crippen LogP contribution is -2.30. The van der Waals surface area contributed by atoms with Crippen molar-refractivity contribution < 1.29 is 28.6 Å². The van der Waals surface area contributed by atoms with Gasteiger partial charge in [-0.1, -0.05) is 234 Å². The van der Waals surface area contributed by atoms with E-state index >= 15 is 0 Å². The Labute approximate surface area is 348 Å². The number of unbranched alkanes of at least 4 members (excludes halogenated alkanes) is 29. The van der Waals surface area contributed by atoms with E-state index in [2.05, 4.69) is 34.6 Å². The molecule has 0 bridgehead atoms. The van der Waals surface area contributed by atoms with Crippen LogP contribution in [0.15, 0.2) is 0 Å². The summed E-state index contributed by atoms with van der Waals surface area (Å²) >= 11 is 0. The van der Waals surface area contributed by atoms with E-state index in [1.165, 1.54) is 161 Å². The molecule has 0 aromatic carbocycles. The van der Waals surface area contributed by atoms with E-state index in [0.29, 0.717) is 19.3 Å². The smallest absolute Gasteiger partial charge is 0.306 e. The van der Waals surface area contributed by atoms with Gasteiger partial charge in [0.2, 0.25) is 0 Å². The zero-order valence-corrected chi connectivity index (χ0v) is 38.3. The van der Waals surface area contributed by atoms with Crippen LogP contribution in [0.2, 0.25) is 0 Å². The van der Waals surface area contributed by atoms with Crippen molar-refractivity contribution in [2.24, 2.45) is 11.8 Å². The van der Waals surface area contributed by atoms with Crippen LogP contribution < -0.4 is 0 Å². The molecule has 0 aliphatic heterocycles. The fourth-order valence-corrected chi connectivity index (χ4v) is 7.46. The molecule has 6 heteroatoms. The Bertz CT molecular complexity index is 854. The zero-order valence-electron chi connectivity index (χ0n) is 38.3. The minimum Gasteiger partial charge on any atom is -0.462 e.